The van der Waals surface area contributed by atoms with Gasteiger partial charge < -0.3 is 19.2 Å². The highest BCUT2D eigenvalue weighted by atomic mass is 35.5. The van der Waals surface area contributed by atoms with E-state index in [1.54, 1.807) is 24.3 Å². The van der Waals surface area contributed by atoms with Crippen LogP contribution >= 0.6 is 23.4 Å². The predicted molar refractivity (Wildman–Crippen MR) is 134 cm³/mol. The molecule has 1 aromatic heterocycles. The van der Waals surface area contributed by atoms with Crippen LogP contribution in [0.5, 0.6) is 5.75 Å². The lowest BCUT2D eigenvalue weighted by Crippen LogP contribution is -2.29. The Labute approximate surface area is 210 Å². The Morgan fingerprint density at radius 2 is 1.83 bits per heavy atom. The molecule has 4 aromatic rings. The molecule has 178 valence electrons. The summed E-state index contributed by atoms with van der Waals surface area (Å²) in [5.74, 6) is -1.22. The van der Waals surface area contributed by atoms with Crippen molar-refractivity contribution < 1.29 is 19.4 Å². The van der Waals surface area contributed by atoms with Gasteiger partial charge in [0.2, 0.25) is 0 Å². The summed E-state index contributed by atoms with van der Waals surface area (Å²) in [5.41, 5.74) is 5.87. The molecule has 0 saturated carbocycles. The molecule has 0 spiro atoms. The third-order valence-corrected chi connectivity index (χ3v) is 6.09. The zero-order chi connectivity index (χ0) is 24.6. The summed E-state index contributed by atoms with van der Waals surface area (Å²) in [4.78, 5) is 27.7. The summed E-state index contributed by atoms with van der Waals surface area (Å²) >= 11 is 7.32. The van der Waals surface area contributed by atoms with Crippen LogP contribution in [0.2, 0.25) is 5.02 Å². The third-order valence-electron chi connectivity index (χ3n) is 4.86. The standard InChI is InChI=1S/C25H21ClN4O4S/c26-19-11-9-17(10-12-19)14-30-21-7-3-2-6-20(21)28-25(30)35-16-23(31)29-27-13-18-5-1-4-8-22(18)34-15-24(32)33/h1-13H,14-16H2,(H,29,31)(H,32,33)/p-1/b27-13+. The van der Waals surface area contributed by atoms with E-state index in [1.807, 2.05) is 48.5 Å². The van der Waals surface area contributed by atoms with Gasteiger partial charge in [0.1, 0.15) is 12.4 Å². The van der Waals surface area contributed by atoms with Gasteiger partial charge in [0, 0.05) is 10.6 Å². The second kappa shape index (κ2) is 11.5. The molecule has 0 atom stereocenters. The number of aliphatic carboxylic acids is 1. The molecule has 3 aromatic carbocycles. The number of imidazole rings is 1. The van der Waals surface area contributed by atoms with Crippen LogP contribution in [0.1, 0.15) is 11.1 Å². The number of carboxylic acids is 1. The lowest BCUT2D eigenvalue weighted by Gasteiger charge is -2.09. The van der Waals surface area contributed by atoms with E-state index in [2.05, 4.69) is 20.1 Å². The van der Waals surface area contributed by atoms with Crippen LogP contribution in [0.15, 0.2) is 83.1 Å². The lowest BCUT2D eigenvalue weighted by atomic mass is 10.2. The van der Waals surface area contributed by atoms with Crippen LogP contribution in [0, 0.1) is 0 Å². The summed E-state index contributed by atoms with van der Waals surface area (Å²) < 4.78 is 7.23. The van der Waals surface area contributed by atoms with E-state index in [9.17, 15) is 14.7 Å². The van der Waals surface area contributed by atoms with Gasteiger partial charge in [-0.25, -0.2) is 10.4 Å². The van der Waals surface area contributed by atoms with E-state index in [1.165, 1.54) is 18.0 Å². The molecular weight excluding hydrogens is 488 g/mol. The number of fused-ring (bicyclic) bond motifs is 1. The monoisotopic (exact) mass is 507 g/mol. The number of halogens is 1. The van der Waals surface area contributed by atoms with Gasteiger partial charge >= 0.3 is 0 Å². The lowest BCUT2D eigenvalue weighted by molar-refractivity contribution is -0.307. The van der Waals surface area contributed by atoms with Crippen molar-refractivity contribution in [2.45, 2.75) is 11.7 Å². The van der Waals surface area contributed by atoms with Gasteiger partial charge in [0.15, 0.2) is 5.16 Å². The molecule has 35 heavy (non-hydrogen) atoms. The van der Waals surface area contributed by atoms with Crippen molar-refractivity contribution in [3.05, 3.63) is 88.9 Å². The quantitative estimate of drug-likeness (QED) is 0.201. The van der Waals surface area contributed by atoms with Crippen LogP contribution in [0.4, 0.5) is 0 Å². The van der Waals surface area contributed by atoms with Gasteiger partial charge in [-0.05, 0) is 42.0 Å². The average Bonchev–Trinajstić information content (AvgIpc) is 3.20. The van der Waals surface area contributed by atoms with E-state index in [0.717, 1.165) is 16.6 Å². The molecule has 10 heteroatoms. The molecule has 4 rings (SSSR count). The fourth-order valence-electron chi connectivity index (χ4n) is 3.28. The summed E-state index contributed by atoms with van der Waals surface area (Å²) in [6.45, 7) is 0.00725. The number of carbonyl (C=O) groups excluding carboxylic acids is 2. The number of thioether (sulfide) groups is 1. The van der Waals surface area contributed by atoms with Gasteiger partial charge in [0.25, 0.3) is 5.91 Å². The van der Waals surface area contributed by atoms with Crippen molar-refractivity contribution in [2.75, 3.05) is 12.4 Å². The maximum atomic E-state index is 12.4. The predicted octanol–water partition coefficient (Wildman–Crippen LogP) is 3.11. The molecule has 0 radical (unpaired) electrons. The highest BCUT2D eigenvalue weighted by molar-refractivity contribution is 7.99. The molecule has 0 unspecified atom stereocenters. The minimum Gasteiger partial charge on any atom is -0.546 e. The highest BCUT2D eigenvalue weighted by Gasteiger charge is 2.13. The number of aromatic nitrogens is 2. The Bertz CT molecular complexity index is 1370. The first kappa shape index (κ1) is 24.3. The van der Waals surface area contributed by atoms with E-state index < -0.39 is 12.6 Å². The number of rotatable bonds is 10. The van der Waals surface area contributed by atoms with Crippen molar-refractivity contribution in [3.8, 4) is 5.75 Å². The molecule has 0 aliphatic carbocycles. The molecular formula is C25H20ClN4O4S-. The number of nitrogens with one attached hydrogen (secondary N) is 1. The number of hydrogen-bond acceptors (Lipinski definition) is 7. The summed E-state index contributed by atoms with van der Waals surface area (Å²) in [6.07, 6.45) is 1.39. The Morgan fingerprint density at radius 3 is 2.63 bits per heavy atom. The summed E-state index contributed by atoms with van der Waals surface area (Å²) in [6, 6.07) is 22.1. The number of ether oxygens (including phenoxy) is 1. The molecule has 1 N–H and O–H groups in total. The molecule has 1 heterocycles. The Morgan fingerprint density at radius 1 is 1.09 bits per heavy atom. The van der Waals surface area contributed by atoms with Crippen LogP contribution in [0.25, 0.3) is 11.0 Å². The Balaban J connectivity index is 1.41. The highest BCUT2D eigenvalue weighted by Crippen LogP contribution is 2.25. The van der Waals surface area contributed by atoms with Crippen molar-refractivity contribution in [3.63, 3.8) is 0 Å². The summed E-state index contributed by atoms with van der Waals surface area (Å²) in [7, 11) is 0. The molecule has 8 nitrogen and oxygen atoms in total. The number of hydrazone groups is 1. The number of para-hydroxylation sites is 3. The van der Waals surface area contributed by atoms with E-state index in [4.69, 9.17) is 16.3 Å². The minimum absolute atomic E-state index is 0.101. The van der Waals surface area contributed by atoms with Gasteiger partial charge in [0.05, 0.1) is 35.5 Å². The smallest absolute Gasteiger partial charge is 0.250 e. The number of nitrogens with zero attached hydrogens (tertiary/aromatic N) is 3. The van der Waals surface area contributed by atoms with E-state index in [0.29, 0.717) is 28.0 Å². The van der Waals surface area contributed by atoms with Crippen LogP contribution in [0.3, 0.4) is 0 Å². The first-order valence-corrected chi connectivity index (χ1v) is 11.9. The molecule has 0 bridgehead atoms. The largest absolute Gasteiger partial charge is 0.546 e. The SMILES string of the molecule is O=C([O-])COc1ccccc1/C=N/NC(=O)CSc1nc2ccccc2n1Cc1ccc(Cl)cc1. The zero-order valence-electron chi connectivity index (χ0n) is 18.4. The second-order valence-corrected chi connectivity index (χ2v) is 8.76. The first-order valence-electron chi connectivity index (χ1n) is 10.6. The van der Waals surface area contributed by atoms with Crippen molar-refractivity contribution >= 4 is 52.5 Å². The molecule has 0 aliphatic heterocycles. The van der Waals surface area contributed by atoms with Crippen LogP contribution < -0.4 is 15.3 Å². The molecule has 0 aliphatic rings. The molecule has 0 fully saturated rings. The number of carboxylic acid groups (broad SMARTS) is 1. The average molecular weight is 508 g/mol. The van der Waals surface area contributed by atoms with Crippen molar-refractivity contribution in [2.24, 2.45) is 5.10 Å². The summed E-state index contributed by atoms with van der Waals surface area (Å²) in [5, 5.41) is 16.0. The fourth-order valence-corrected chi connectivity index (χ4v) is 4.21. The van der Waals surface area contributed by atoms with Gasteiger partial charge in [-0.1, -0.05) is 59.8 Å². The number of benzene rings is 3. The van der Waals surface area contributed by atoms with E-state index in [-0.39, 0.29) is 11.7 Å². The Kier molecular flexibility index (Phi) is 8.02. The van der Waals surface area contributed by atoms with Crippen molar-refractivity contribution in [1.29, 1.82) is 0 Å². The maximum absolute atomic E-state index is 12.4. The number of hydrogen-bond donors (Lipinski definition) is 1. The normalized spacial score (nSPS) is 11.1. The minimum atomic E-state index is -1.33. The van der Waals surface area contributed by atoms with Crippen molar-refractivity contribution in [1.82, 2.24) is 15.0 Å². The molecule has 0 saturated heterocycles. The van der Waals surface area contributed by atoms with E-state index >= 15 is 0 Å². The fraction of sp³-hybridized carbons (Fsp3) is 0.120. The number of amides is 1. The zero-order valence-corrected chi connectivity index (χ0v) is 20.0. The third kappa shape index (κ3) is 6.62. The van der Waals surface area contributed by atoms with Gasteiger partial charge in [-0.2, -0.15) is 5.10 Å². The maximum Gasteiger partial charge on any atom is 0.250 e. The molecule has 1 amide bonds. The Hall–Kier alpha value is -3.82. The second-order valence-electron chi connectivity index (χ2n) is 7.38. The van der Waals surface area contributed by atoms with Gasteiger partial charge in [-0.3, -0.25) is 4.79 Å². The number of carbonyl (C=O) groups is 2. The van der Waals surface area contributed by atoms with Crippen LogP contribution in [-0.2, 0) is 16.1 Å². The van der Waals surface area contributed by atoms with Gasteiger partial charge in [-0.15, -0.1) is 0 Å². The topological polar surface area (TPSA) is 109 Å². The first-order chi connectivity index (χ1) is 17.0. The van der Waals surface area contributed by atoms with Crippen LogP contribution in [-0.4, -0.2) is 40.0 Å².